The van der Waals surface area contributed by atoms with E-state index < -0.39 is 0 Å². The summed E-state index contributed by atoms with van der Waals surface area (Å²) in [5.41, 5.74) is 1.92. The van der Waals surface area contributed by atoms with Gasteiger partial charge in [0, 0.05) is 18.3 Å². The minimum Gasteiger partial charge on any atom is -0.392 e. The van der Waals surface area contributed by atoms with Gasteiger partial charge in [-0.15, -0.1) is 0 Å². The van der Waals surface area contributed by atoms with E-state index in [1.54, 1.807) is 0 Å². The highest BCUT2D eigenvalue weighted by Crippen LogP contribution is 2.67. The zero-order chi connectivity index (χ0) is 14.7. The number of nitrogens with zero attached hydrogens (tertiary/aromatic N) is 1. The van der Waals surface area contributed by atoms with Gasteiger partial charge in [0.25, 0.3) is 0 Å². The average molecular weight is 285 g/mol. The van der Waals surface area contributed by atoms with Gasteiger partial charge in [-0.05, 0) is 78.9 Å². The first-order valence-electron chi connectivity index (χ1n) is 8.58. The Kier molecular flexibility index (Phi) is 2.98. The van der Waals surface area contributed by atoms with Crippen molar-refractivity contribution >= 4 is 0 Å². The molecule has 0 radical (unpaired) electrons. The fourth-order valence-corrected chi connectivity index (χ4v) is 6.52. The lowest BCUT2D eigenvalue weighted by molar-refractivity contribution is -0.158. The third-order valence-electron chi connectivity index (χ3n) is 6.73. The van der Waals surface area contributed by atoms with Gasteiger partial charge in [0.1, 0.15) is 0 Å². The standard InChI is InChI=1S/C19H27NO/c1-13(16-3-5-20-6-4-16)17(21)19-10-14-7-15(11-19)9-18(2,8-14)12-19/h3-6,13-15,17,21H,7-12H2,1-2H3. The van der Waals surface area contributed by atoms with Crippen LogP contribution in [0.1, 0.15) is 63.9 Å². The van der Waals surface area contributed by atoms with E-state index in [9.17, 15) is 5.11 Å². The van der Waals surface area contributed by atoms with Crippen LogP contribution in [0, 0.1) is 22.7 Å². The van der Waals surface area contributed by atoms with Crippen LogP contribution in [-0.4, -0.2) is 16.2 Å². The van der Waals surface area contributed by atoms with Crippen molar-refractivity contribution in [1.82, 2.24) is 4.98 Å². The zero-order valence-electron chi connectivity index (χ0n) is 13.3. The quantitative estimate of drug-likeness (QED) is 0.905. The van der Waals surface area contributed by atoms with Gasteiger partial charge in [-0.2, -0.15) is 0 Å². The second-order valence-corrected chi connectivity index (χ2v) is 8.65. The summed E-state index contributed by atoms with van der Waals surface area (Å²) in [6, 6.07) is 4.13. The van der Waals surface area contributed by atoms with Crippen LogP contribution in [-0.2, 0) is 0 Å². The van der Waals surface area contributed by atoms with E-state index in [1.807, 2.05) is 12.4 Å². The summed E-state index contributed by atoms with van der Waals surface area (Å²) in [6.45, 7) is 4.67. The minimum atomic E-state index is -0.204. The number of hydrogen-bond acceptors (Lipinski definition) is 2. The lowest BCUT2D eigenvalue weighted by Gasteiger charge is -2.63. The molecule has 0 amide bonds. The first-order valence-corrected chi connectivity index (χ1v) is 8.58. The van der Waals surface area contributed by atoms with Gasteiger partial charge >= 0.3 is 0 Å². The number of rotatable bonds is 3. The zero-order valence-corrected chi connectivity index (χ0v) is 13.3. The summed E-state index contributed by atoms with van der Waals surface area (Å²) in [4.78, 5) is 4.11. The van der Waals surface area contributed by atoms with Gasteiger partial charge in [-0.3, -0.25) is 4.98 Å². The molecule has 1 N–H and O–H groups in total. The maximum Gasteiger partial charge on any atom is 0.0662 e. The molecule has 4 atom stereocenters. The molecule has 1 aromatic heterocycles. The van der Waals surface area contributed by atoms with Gasteiger partial charge in [-0.25, -0.2) is 0 Å². The molecule has 21 heavy (non-hydrogen) atoms. The Bertz CT molecular complexity index is 512. The molecule has 0 saturated heterocycles. The van der Waals surface area contributed by atoms with Gasteiger partial charge in [0.2, 0.25) is 0 Å². The largest absolute Gasteiger partial charge is 0.392 e. The van der Waals surface area contributed by atoms with Crippen LogP contribution in [0.15, 0.2) is 24.5 Å². The third-order valence-corrected chi connectivity index (χ3v) is 6.73. The van der Waals surface area contributed by atoms with Gasteiger partial charge in [-0.1, -0.05) is 13.8 Å². The number of hydrogen-bond donors (Lipinski definition) is 1. The molecule has 0 aliphatic heterocycles. The molecule has 4 aliphatic carbocycles. The van der Waals surface area contributed by atoms with E-state index in [4.69, 9.17) is 0 Å². The molecule has 4 unspecified atom stereocenters. The van der Waals surface area contributed by atoms with Gasteiger partial charge in [0.15, 0.2) is 0 Å². The third kappa shape index (κ3) is 2.14. The van der Waals surface area contributed by atoms with E-state index in [1.165, 1.54) is 44.1 Å². The number of pyridine rings is 1. The molecule has 4 saturated carbocycles. The first-order chi connectivity index (χ1) is 10.00. The van der Waals surface area contributed by atoms with Crippen molar-refractivity contribution in [2.24, 2.45) is 22.7 Å². The van der Waals surface area contributed by atoms with Crippen molar-refractivity contribution in [3.05, 3.63) is 30.1 Å². The number of aliphatic hydroxyl groups excluding tert-OH is 1. The van der Waals surface area contributed by atoms with Crippen LogP contribution >= 0.6 is 0 Å². The highest BCUT2D eigenvalue weighted by Gasteiger charge is 2.58. The first kappa shape index (κ1) is 13.8. The molecule has 114 valence electrons. The van der Waals surface area contributed by atoms with Crippen molar-refractivity contribution < 1.29 is 5.11 Å². The van der Waals surface area contributed by atoms with Crippen molar-refractivity contribution in [2.75, 3.05) is 0 Å². The monoisotopic (exact) mass is 285 g/mol. The Hall–Kier alpha value is -0.890. The molecule has 4 aliphatic rings. The van der Waals surface area contributed by atoms with E-state index in [-0.39, 0.29) is 17.4 Å². The second kappa shape index (κ2) is 4.55. The van der Waals surface area contributed by atoms with Crippen LogP contribution in [0.3, 0.4) is 0 Å². The Morgan fingerprint density at radius 3 is 2.33 bits per heavy atom. The summed E-state index contributed by atoms with van der Waals surface area (Å²) >= 11 is 0. The van der Waals surface area contributed by atoms with Crippen molar-refractivity contribution in [3.63, 3.8) is 0 Å². The van der Waals surface area contributed by atoms with E-state index in [2.05, 4.69) is 31.0 Å². The molecule has 1 heterocycles. The highest BCUT2D eigenvalue weighted by molar-refractivity contribution is 5.20. The topological polar surface area (TPSA) is 33.1 Å². The molecular formula is C19H27NO. The molecule has 4 fully saturated rings. The molecule has 2 heteroatoms. The van der Waals surface area contributed by atoms with Crippen molar-refractivity contribution in [2.45, 2.75) is 64.4 Å². The summed E-state index contributed by atoms with van der Waals surface area (Å²) in [5.74, 6) is 1.96. The summed E-state index contributed by atoms with van der Waals surface area (Å²) < 4.78 is 0. The highest BCUT2D eigenvalue weighted by atomic mass is 16.3. The van der Waals surface area contributed by atoms with Gasteiger partial charge < -0.3 is 5.11 Å². The summed E-state index contributed by atoms with van der Waals surface area (Å²) in [7, 11) is 0. The molecule has 4 bridgehead atoms. The molecular weight excluding hydrogens is 258 g/mol. The lowest BCUT2D eigenvalue weighted by atomic mass is 9.43. The second-order valence-electron chi connectivity index (χ2n) is 8.65. The normalized spacial score (nSPS) is 43.8. The van der Waals surface area contributed by atoms with Crippen LogP contribution in [0.25, 0.3) is 0 Å². The van der Waals surface area contributed by atoms with E-state index in [0.29, 0.717) is 5.41 Å². The van der Waals surface area contributed by atoms with E-state index in [0.717, 1.165) is 11.8 Å². The Morgan fingerprint density at radius 2 is 1.76 bits per heavy atom. The van der Waals surface area contributed by atoms with Crippen molar-refractivity contribution in [3.8, 4) is 0 Å². The van der Waals surface area contributed by atoms with Gasteiger partial charge in [0.05, 0.1) is 6.10 Å². The predicted octanol–water partition coefficient (Wildman–Crippen LogP) is 4.15. The average Bonchev–Trinajstić information content (AvgIpc) is 2.44. The number of aromatic nitrogens is 1. The lowest BCUT2D eigenvalue weighted by Crippen LogP contribution is -2.56. The van der Waals surface area contributed by atoms with Crippen LogP contribution in [0.4, 0.5) is 0 Å². The Morgan fingerprint density at radius 1 is 1.14 bits per heavy atom. The maximum absolute atomic E-state index is 11.2. The minimum absolute atomic E-state index is 0.182. The maximum atomic E-state index is 11.2. The Labute approximate surface area is 128 Å². The molecule has 0 spiro atoms. The van der Waals surface area contributed by atoms with Crippen LogP contribution in [0.2, 0.25) is 0 Å². The van der Waals surface area contributed by atoms with Crippen LogP contribution in [0.5, 0.6) is 0 Å². The smallest absolute Gasteiger partial charge is 0.0662 e. The Balaban J connectivity index is 1.63. The summed E-state index contributed by atoms with van der Waals surface area (Å²) in [5, 5.41) is 11.2. The van der Waals surface area contributed by atoms with Crippen molar-refractivity contribution in [1.29, 1.82) is 0 Å². The summed E-state index contributed by atoms with van der Waals surface area (Å²) in [6.07, 6.45) is 11.5. The van der Waals surface area contributed by atoms with Crippen LogP contribution < -0.4 is 0 Å². The predicted molar refractivity (Wildman–Crippen MR) is 83.9 cm³/mol. The number of aliphatic hydroxyl groups is 1. The SMILES string of the molecule is CC(c1ccncc1)C(O)C12CC3CC(CC(C)(C3)C1)C2. The molecule has 5 rings (SSSR count). The van der Waals surface area contributed by atoms with E-state index >= 15 is 0 Å². The molecule has 2 nitrogen and oxygen atoms in total. The molecule has 0 aromatic carbocycles. The fraction of sp³-hybridized carbons (Fsp3) is 0.737. The molecule has 1 aromatic rings. The fourth-order valence-electron chi connectivity index (χ4n) is 6.52.